The van der Waals surface area contributed by atoms with Gasteiger partial charge in [-0.15, -0.1) is 0 Å². The van der Waals surface area contributed by atoms with Crippen LogP contribution in [0.5, 0.6) is 5.75 Å². The van der Waals surface area contributed by atoms with E-state index in [0.29, 0.717) is 18.4 Å². The van der Waals surface area contributed by atoms with Gasteiger partial charge in [0.1, 0.15) is 5.75 Å². The average molecular weight is 273 g/mol. The third-order valence-electron chi connectivity index (χ3n) is 3.41. The standard InChI is InChI=1S/C15H15NO4/c17-14-5-6-15(18)16(14)11-1-3-12(4-2-11)19-9-7-13-8-10-20-13/h1-6,13H,7-10H2. The molecular formula is C15H15NO4. The highest BCUT2D eigenvalue weighted by atomic mass is 16.5. The third kappa shape index (κ3) is 2.58. The molecule has 1 aromatic carbocycles. The molecule has 0 aliphatic carbocycles. The van der Waals surface area contributed by atoms with Gasteiger partial charge in [0, 0.05) is 25.2 Å². The SMILES string of the molecule is O=C1C=CC(=O)N1c1ccc(OCCC2CCO2)cc1. The summed E-state index contributed by atoms with van der Waals surface area (Å²) in [6.45, 7) is 1.46. The Bertz CT molecular complexity index is 527. The Morgan fingerprint density at radius 1 is 1.15 bits per heavy atom. The summed E-state index contributed by atoms with van der Waals surface area (Å²) in [7, 11) is 0. The summed E-state index contributed by atoms with van der Waals surface area (Å²) in [6, 6.07) is 6.93. The van der Waals surface area contributed by atoms with Crippen LogP contribution in [-0.2, 0) is 14.3 Å². The van der Waals surface area contributed by atoms with Crippen molar-refractivity contribution >= 4 is 17.5 Å². The van der Waals surface area contributed by atoms with Crippen molar-refractivity contribution in [1.29, 1.82) is 0 Å². The van der Waals surface area contributed by atoms with Gasteiger partial charge in [-0.1, -0.05) is 0 Å². The number of carbonyl (C=O) groups excluding carboxylic acids is 2. The predicted octanol–water partition coefficient (Wildman–Crippen LogP) is 1.67. The monoisotopic (exact) mass is 273 g/mol. The molecule has 0 aromatic heterocycles. The molecule has 0 spiro atoms. The van der Waals surface area contributed by atoms with Crippen molar-refractivity contribution in [1.82, 2.24) is 0 Å². The smallest absolute Gasteiger partial charge is 0.258 e. The van der Waals surface area contributed by atoms with Crippen molar-refractivity contribution in [3.63, 3.8) is 0 Å². The van der Waals surface area contributed by atoms with Gasteiger partial charge >= 0.3 is 0 Å². The second kappa shape index (κ2) is 5.46. The van der Waals surface area contributed by atoms with E-state index in [1.54, 1.807) is 24.3 Å². The van der Waals surface area contributed by atoms with Crippen LogP contribution < -0.4 is 9.64 Å². The molecule has 2 aliphatic heterocycles. The molecular weight excluding hydrogens is 258 g/mol. The maximum atomic E-state index is 11.5. The number of nitrogens with zero attached hydrogens (tertiary/aromatic N) is 1. The molecule has 5 nitrogen and oxygen atoms in total. The molecule has 5 heteroatoms. The van der Waals surface area contributed by atoms with Crippen LogP contribution >= 0.6 is 0 Å². The lowest BCUT2D eigenvalue weighted by molar-refractivity contribution is -0.119. The van der Waals surface area contributed by atoms with Crippen LogP contribution in [0.4, 0.5) is 5.69 Å². The summed E-state index contributed by atoms with van der Waals surface area (Å²) in [5.74, 6) is 0.0942. The summed E-state index contributed by atoms with van der Waals surface area (Å²) in [4.78, 5) is 24.2. The first-order chi connectivity index (χ1) is 9.74. The van der Waals surface area contributed by atoms with E-state index in [2.05, 4.69) is 0 Å². The fraction of sp³-hybridized carbons (Fsp3) is 0.333. The minimum absolute atomic E-state index is 0.314. The Balaban J connectivity index is 1.56. The van der Waals surface area contributed by atoms with E-state index < -0.39 is 0 Å². The maximum absolute atomic E-state index is 11.5. The average Bonchev–Trinajstić information content (AvgIpc) is 2.73. The van der Waals surface area contributed by atoms with Crippen molar-refractivity contribution in [2.45, 2.75) is 18.9 Å². The van der Waals surface area contributed by atoms with Crippen molar-refractivity contribution < 1.29 is 19.1 Å². The van der Waals surface area contributed by atoms with E-state index in [0.717, 1.165) is 30.1 Å². The number of amides is 2. The molecule has 20 heavy (non-hydrogen) atoms. The molecule has 0 N–H and O–H groups in total. The Morgan fingerprint density at radius 2 is 1.80 bits per heavy atom. The lowest BCUT2D eigenvalue weighted by Gasteiger charge is -2.26. The fourth-order valence-electron chi connectivity index (χ4n) is 2.17. The minimum Gasteiger partial charge on any atom is -0.493 e. The molecule has 2 heterocycles. The van der Waals surface area contributed by atoms with Crippen LogP contribution in [0, 0.1) is 0 Å². The summed E-state index contributed by atoms with van der Waals surface area (Å²) in [5.41, 5.74) is 0.555. The van der Waals surface area contributed by atoms with Gasteiger partial charge in [0.05, 0.1) is 18.4 Å². The molecule has 0 saturated carbocycles. The molecule has 1 unspecified atom stereocenters. The molecule has 1 fully saturated rings. The lowest BCUT2D eigenvalue weighted by Crippen LogP contribution is -2.29. The zero-order chi connectivity index (χ0) is 13.9. The lowest BCUT2D eigenvalue weighted by atomic mass is 10.1. The first-order valence-corrected chi connectivity index (χ1v) is 6.64. The Hall–Kier alpha value is -2.14. The molecule has 104 valence electrons. The van der Waals surface area contributed by atoms with Gasteiger partial charge in [-0.2, -0.15) is 0 Å². The first kappa shape index (κ1) is 12.9. The van der Waals surface area contributed by atoms with Gasteiger partial charge in [-0.3, -0.25) is 9.59 Å². The van der Waals surface area contributed by atoms with Crippen molar-refractivity contribution in [2.75, 3.05) is 18.1 Å². The van der Waals surface area contributed by atoms with Crippen molar-refractivity contribution in [3.05, 3.63) is 36.4 Å². The molecule has 2 amide bonds. The number of hydrogen-bond acceptors (Lipinski definition) is 4. The van der Waals surface area contributed by atoms with Gasteiger partial charge < -0.3 is 9.47 Å². The molecule has 1 aromatic rings. The van der Waals surface area contributed by atoms with E-state index in [1.807, 2.05) is 0 Å². The van der Waals surface area contributed by atoms with Crippen LogP contribution in [0.1, 0.15) is 12.8 Å². The highest BCUT2D eigenvalue weighted by Crippen LogP contribution is 2.23. The van der Waals surface area contributed by atoms with Crippen molar-refractivity contribution in [2.24, 2.45) is 0 Å². The molecule has 2 aliphatic rings. The summed E-state index contributed by atoms with van der Waals surface area (Å²) < 4.78 is 10.9. The molecule has 0 bridgehead atoms. The van der Waals surface area contributed by atoms with Gasteiger partial charge in [-0.25, -0.2) is 4.90 Å². The molecule has 1 atom stereocenters. The third-order valence-corrected chi connectivity index (χ3v) is 3.41. The van der Waals surface area contributed by atoms with E-state index in [4.69, 9.17) is 9.47 Å². The predicted molar refractivity (Wildman–Crippen MR) is 72.5 cm³/mol. The largest absolute Gasteiger partial charge is 0.493 e. The Morgan fingerprint density at radius 3 is 2.35 bits per heavy atom. The molecule has 1 saturated heterocycles. The number of carbonyl (C=O) groups is 2. The number of rotatable bonds is 5. The summed E-state index contributed by atoms with van der Waals surface area (Å²) in [6.07, 6.45) is 4.86. The van der Waals surface area contributed by atoms with E-state index in [-0.39, 0.29) is 11.8 Å². The normalized spacial score (nSPS) is 21.2. The minimum atomic E-state index is -0.314. The Labute approximate surface area is 116 Å². The highest BCUT2D eigenvalue weighted by Gasteiger charge is 2.24. The molecule has 0 radical (unpaired) electrons. The van der Waals surface area contributed by atoms with E-state index in [1.165, 1.54) is 12.2 Å². The fourth-order valence-corrected chi connectivity index (χ4v) is 2.17. The zero-order valence-corrected chi connectivity index (χ0v) is 11.0. The topological polar surface area (TPSA) is 55.8 Å². The summed E-state index contributed by atoms with van der Waals surface area (Å²) >= 11 is 0. The number of benzene rings is 1. The van der Waals surface area contributed by atoms with Crippen LogP contribution in [0.25, 0.3) is 0 Å². The van der Waals surface area contributed by atoms with Crippen LogP contribution in [0.3, 0.4) is 0 Å². The Kier molecular flexibility index (Phi) is 3.52. The van der Waals surface area contributed by atoms with Crippen LogP contribution in [0.15, 0.2) is 36.4 Å². The zero-order valence-electron chi connectivity index (χ0n) is 11.0. The van der Waals surface area contributed by atoms with Crippen LogP contribution in [0.2, 0.25) is 0 Å². The number of imide groups is 1. The summed E-state index contributed by atoms with van der Waals surface area (Å²) in [5, 5.41) is 0. The van der Waals surface area contributed by atoms with Gasteiger partial charge in [0.2, 0.25) is 0 Å². The number of ether oxygens (including phenoxy) is 2. The highest BCUT2D eigenvalue weighted by molar-refractivity contribution is 6.28. The first-order valence-electron chi connectivity index (χ1n) is 6.64. The van der Waals surface area contributed by atoms with E-state index >= 15 is 0 Å². The van der Waals surface area contributed by atoms with Gasteiger partial charge in [0.15, 0.2) is 0 Å². The van der Waals surface area contributed by atoms with Gasteiger partial charge in [0.25, 0.3) is 11.8 Å². The van der Waals surface area contributed by atoms with Crippen molar-refractivity contribution in [3.8, 4) is 5.75 Å². The maximum Gasteiger partial charge on any atom is 0.258 e. The van der Waals surface area contributed by atoms with Crippen LogP contribution in [-0.4, -0.2) is 31.1 Å². The molecule has 3 rings (SSSR count). The number of anilines is 1. The quantitative estimate of drug-likeness (QED) is 0.766. The second-order valence-electron chi connectivity index (χ2n) is 4.76. The number of hydrogen-bond donors (Lipinski definition) is 0. The van der Waals surface area contributed by atoms with Gasteiger partial charge in [-0.05, 0) is 30.7 Å². The van der Waals surface area contributed by atoms with E-state index in [9.17, 15) is 9.59 Å². The second-order valence-corrected chi connectivity index (χ2v) is 4.76.